The lowest BCUT2D eigenvalue weighted by atomic mass is 9.66. The number of aliphatic hydroxyl groups excluding tert-OH is 1. The van der Waals surface area contributed by atoms with Gasteiger partial charge >= 0.3 is 5.97 Å². The molecule has 1 spiro atoms. The van der Waals surface area contributed by atoms with E-state index in [1.54, 1.807) is 11.0 Å². The molecule has 6 atom stereocenters. The SMILES string of the molecule is C=CCN(CCN1CCOCC1)C(=O)C1N([C@H](CO)c2ccccc2)C(=O)[C@@H]2[C@@H](C(=O)O)[C@@]3(C)CCC12S3. The molecule has 4 fully saturated rings. The number of hydrogen-bond acceptors (Lipinski definition) is 7. The first-order chi connectivity index (χ1) is 18.3. The normalized spacial score (nSPS) is 33.3. The highest BCUT2D eigenvalue weighted by Crippen LogP contribution is 2.72. The molecule has 4 saturated heterocycles. The fraction of sp³-hybridized carbons (Fsp3) is 0.607. The molecule has 0 radical (unpaired) electrons. The van der Waals surface area contributed by atoms with Crippen molar-refractivity contribution >= 4 is 29.5 Å². The average Bonchev–Trinajstić information content (AvgIpc) is 3.49. The van der Waals surface area contributed by atoms with Gasteiger partial charge in [-0.15, -0.1) is 18.3 Å². The second-order valence-corrected chi connectivity index (χ2v) is 12.8. The standard InChI is InChI=1S/C28H37N3O6S/c1-3-11-30(13-12-29-14-16-37-17-15-29)25(34)23-28-10-9-27(2,38-28)22(26(35)36)21(28)24(33)31(23)20(18-32)19-7-5-4-6-8-19/h3-8,20-23,32H,1,9-18H2,2H3,(H,35,36)/t20-,21+,22+,23?,27-,28?/m1/s1. The summed E-state index contributed by atoms with van der Waals surface area (Å²) in [5.74, 6) is -3.25. The fourth-order valence-electron chi connectivity index (χ4n) is 7.09. The van der Waals surface area contributed by atoms with Crippen LogP contribution < -0.4 is 0 Å². The summed E-state index contributed by atoms with van der Waals surface area (Å²) in [7, 11) is 0. The highest BCUT2D eigenvalue weighted by Gasteiger charge is 2.78. The van der Waals surface area contributed by atoms with Gasteiger partial charge in [0.15, 0.2) is 0 Å². The summed E-state index contributed by atoms with van der Waals surface area (Å²) in [6.07, 6.45) is 2.90. The van der Waals surface area contributed by atoms with Crippen molar-refractivity contribution in [2.75, 3.05) is 52.5 Å². The number of thioether (sulfide) groups is 1. The quantitative estimate of drug-likeness (QED) is 0.429. The largest absolute Gasteiger partial charge is 0.481 e. The molecule has 4 heterocycles. The summed E-state index contributed by atoms with van der Waals surface area (Å²) >= 11 is 1.51. The van der Waals surface area contributed by atoms with Crippen molar-refractivity contribution < 1.29 is 29.3 Å². The van der Waals surface area contributed by atoms with Gasteiger partial charge in [0.05, 0.1) is 42.4 Å². The molecule has 9 nitrogen and oxygen atoms in total. The molecule has 1 aromatic carbocycles. The smallest absolute Gasteiger partial charge is 0.308 e. The lowest BCUT2D eigenvalue weighted by Crippen LogP contribution is -2.56. The molecule has 0 aromatic heterocycles. The van der Waals surface area contributed by atoms with Gasteiger partial charge in [0.1, 0.15) is 6.04 Å². The monoisotopic (exact) mass is 543 g/mol. The molecule has 0 saturated carbocycles. The third-order valence-corrected chi connectivity index (χ3v) is 10.8. The van der Waals surface area contributed by atoms with E-state index in [1.807, 2.05) is 37.3 Å². The molecule has 38 heavy (non-hydrogen) atoms. The predicted molar refractivity (Wildman–Crippen MR) is 144 cm³/mol. The third-order valence-electron chi connectivity index (χ3n) is 8.86. The summed E-state index contributed by atoms with van der Waals surface area (Å²) in [4.78, 5) is 46.8. The van der Waals surface area contributed by atoms with Gasteiger partial charge < -0.3 is 24.7 Å². The summed E-state index contributed by atoms with van der Waals surface area (Å²) in [6, 6.07) is 7.58. The summed E-state index contributed by atoms with van der Waals surface area (Å²) in [5.41, 5.74) is 0.721. The maximum atomic E-state index is 14.5. The number of fused-ring (bicyclic) bond motifs is 1. The van der Waals surface area contributed by atoms with Crippen LogP contribution in [0, 0.1) is 11.8 Å². The molecule has 206 valence electrons. The van der Waals surface area contributed by atoms with Crippen molar-refractivity contribution in [3.63, 3.8) is 0 Å². The van der Waals surface area contributed by atoms with Crippen LogP contribution in [0.4, 0.5) is 0 Å². The third kappa shape index (κ3) is 4.35. The van der Waals surface area contributed by atoms with Gasteiger partial charge in [0, 0.05) is 37.5 Å². The van der Waals surface area contributed by atoms with Gasteiger partial charge in [-0.05, 0) is 25.3 Å². The van der Waals surface area contributed by atoms with Gasteiger partial charge in [-0.25, -0.2) is 0 Å². The Morgan fingerprint density at radius 1 is 1.26 bits per heavy atom. The van der Waals surface area contributed by atoms with Crippen molar-refractivity contribution in [2.45, 2.75) is 41.3 Å². The Labute approximate surface area is 227 Å². The molecule has 2 bridgehead atoms. The topological polar surface area (TPSA) is 111 Å². The highest BCUT2D eigenvalue weighted by atomic mass is 32.2. The first-order valence-corrected chi connectivity index (χ1v) is 14.2. The number of nitrogens with zero attached hydrogens (tertiary/aromatic N) is 3. The van der Waals surface area contributed by atoms with Crippen LogP contribution in [0.2, 0.25) is 0 Å². The second-order valence-electron chi connectivity index (χ2n) is 10.9. The molecular formula is C28H37N3O6S. The summed E-state index contributed by atoms with van der Waals surface area (Å²) in [5, 5.41) is 20.8. The van der Waals surface area contributed by atoms with E-state index in [2.05, 4.69) is 11.5 Å². The number of aliphatic hydroxyl groups is 1. The first kappa shape index (κ1) is 27.2. The molecule has 2 unspecified atom stereocenters. The summed E-state index contributed by atoms with van der Waals surface area (Å²) < 4.78 is 3.98. The Hall–Kier alpha value is -2.40. The molecule has 4 aliphatic heterocycles. The number of aliphatic carboxylic acids is 1. The second kappa shape index (κ2) is 10.6. The molecule has 2 N–H and O–H groups in total. The number of likely N-dealkylation sites (tertiary alicyclic amines) is 1. The Kier molecular flexibility index (Phi) is 7.61. The van der Waals surface area contributed by atoms with Crippen LogP contribution in [0.15, 0.2) is 43.0 Å². The lowest BCUT2D eigenvalue weighted by Gasteiger charge is -2.40. The van der Waals surface area contributed by atoms with Crippen LogP contribution in [-0.2, 0) is 19.1 Å². The number of rotatable bonds is 10. The number of ether oxygens (including phenoxy) is 1. The number of carbonyl (C=O) groups is 3. The minimum atomic E-state index is -0.997. The van der Waals surface area contributed by atoms with Crippen molar-refractivity contribution in [3.8, 4) is 0 Å². The van der Waals surface area contributed by atoms with Crippen LogP contribution in [0.25, 0.3) is 0 Å². The van der Waals surface area contributed by atoms with E-state index >= 15 is 0 Å². The molecule has 4 aliphatic rings. The van der Waals surface area contributed by atoms with E-state index in [9.17, 15) is 24.6 Å². The van der Waals surface area contributed by atoms with Gasteiger partial charge in [0.2, 0.25) is 11.8 Å². The van der Waals surface area contributed by atoms with Crippen LogP contribution in [0.3, 0.4) is 0 Å². The number of morpholine rings is 1. The van der Waals surface area contributed by atoms with Crippen LogP contribution in [0.5, 0.6) is 0 Å². The van der Waals surface area contributed by atoms with E-state index in [-0.39, 0.29) is 18.4 Å². The minimum Gasteiger partial charge on any atom is -0.481 e. The summed E-state index contributed by atoms with van der Waals surface area (Å²) in [6.45, 7) is 9.79. The van der Waals surface area contributed by atoms with Gasteiger partial charge in [-0.2, -0.15) is 0 Å². The Morgan fingerprint density at radius 2 is 1.97 bits per heavy atom. The van der Waals surface area contributed by atoms with Crippen molar-refractivity contribution in [2.24, 2.45) is 11.8 Å². The van der Waals surface area contributed by atoms with E-state index < -0.39 is 39.4 Å². The van der Waals surface area contributed by atoms with Crippen molar-refractivity contribution in [1.29, 1.82) is 0 Å². The number of amides is 2. The molecule has 10 heteroatoms. The van der Waals surface area contributed by atoms with E-state index in [4.69, 9.17) is 4.74 Å². The van der Waals surface area contributed by atoms with Crippen molar-refractivity contribution in [1.82, 2.24) is 14.7 Å². The average molecular weight is 544 g/mol. The van der Waals surface area contributed by atoms with Gasteiger partial charge in [-0.1, -0.05) is 36.4 Å². The number of carbonyl (C=O) groups excluding carboxylic acids is 2. The highest BCUT2D eigenvalue weighted by molar-refractivity contribution is 8.02. The Morgan fingerprint density at radius 3 is 2.61 bits per heavy atom. The Bertz CT molecular complexity index is 1080. The fourth-order valence-corrected chi connectivity index (χ4v) is 9.42. The van der Waals surface area contributed by atoms with Gasteiger partial charge in [0.25, 0.3) is 0 Å². The molecule has 5 rings (SSSR count). The molecule has 1 aromatic rings. The molecule has 2 amide bonds. The number of benzene rings is 1. The molecular weight excluding hydrogens is 506 g/mol. The zero-order valence-electron chi connectivity index (χ0n) is 21.8. The maximum Gasteiger partial charge on any atom is 0.308 e. The number of carboxylic acids is 1. The number of carboxylic acid groups (broad SMARTS) is 1. The predicted octanol–water partition coefficient (Wildman–Crippen LogP) is 1.63. The van der Waals surface area contributed by atoms with E-state index in [0.717, 1.165) is 18.7 Å². The van der Waals surface area contributed by atoms with Gasteiger partial charge in [-0.3, -0.25) is 19.3 Å². The minimum absolute atomic E-state index is 0.203. The number of hydrogen-bond donors (Lipinski definition) is 2. The molecule has 0 aliphatic carbocycles. The lowest BCUT2D eigenvalue weighted by molar-refractivity contribution is -0.151. The van der Waals surface area contributed by atoms with Crippen LogP contribution >= 0.6 is 11.8 Å². The zero-order chi connectivity index (χ0) is 27.1. The first-order valence-electron chi connectivity index (χ1n) is 13.4. The zero-order valence-corrected chi connectivity index (χ0v) is 22.6. The van der Waals surface area contributed by atoms with Crippen molar-refractivity contribution in [3.05, 3.63) is 48.6 Å². The van der Waals surface area contributed by atoms with Crippen LogP contribution in [-0.4, -0.2) is 111 Å². The van der Waals surface area contributed by atoms with E-state index in [0.29, 0.717) is 45.7 Å². The van der Waals surface area contributed by atoms with Crippen LogP contribution in [0.1, 0.15) is 31.4 Å². The van der Waals surface area contributed by atoms with E-state index in [1.165, 1.54) is 16.7 Å². The maximum absolute atomic E-state index is 14.5. The Balaban J connectivity index is 1.54.